The average Bonchev–Trinajstić information content (AvgIpc) is 1.56. The number of urea groups is 1. The van der Waals surface area contributed by atoms with Crippen LogP contribution in [0.4, 0.5) is 61.4 Å². The van der Waals surface area contributed by atoms with Gasteiger partial charge in [-0.3, -0.25) is 24.0 Å². The van der Waals surface area contributed by atoms with Crippen LogP contribution in [0, 0.1) is 99.2 Å². The van der Waals surface area contributed by atoms with Crippen LogP contribution in [0.1, 0.15) is 174 Å². The third-order valence-corrected chi connectivity index (χ3v) is 34.0. The van der Waals surface area contributed by atoms with Gasteiger partial charge in [-0.05, 0) is 193 Å². The number of ketones is 2. The molecular formula is C85H93Cl3F9N5O19S3. The summed E-state index contributed by atoms with van der Waals surface area (Å²) in [6, 6.07) is 13.7. The van der Waals surface area contributed by atoms with Gasteiger partial charge in [0.1, 0.15) is 11.6 Å². The molecule has 7 aliphatic carbocycles. The normalized spacial score (nSPS) is 27.9. The van der Waals surface area contributed by atoms with Gasteiger partial charge in [0.2, 0.25) is 0 Å². The first-order valence-electron chi connectivity index (χ1n) is 40.4. The van der Waals surface area contributed by atoms with E-state index in [1.165, 1.54) is 41.3 Å². The summed E-state index contributed by atoms with van der Waals surface area (Å²) in [7, 11) is -12.2. The Bertz CT molecular complexity index is 5400. The number of Topliss-reactive ketones (excluding diaryl/α,β-unsaturated/α-hetero) is 2. The lowest BCUT2D eigenvalue weighted by atomic mass is 9.71. The van der Waals surface area contributed by atoms with E-state index in [2.05, 4.69) is 21.3 Å². The van der Waals surface area contributed by atoms with E-state index in [1.807, 2.05) is 0 Å². The zero-order valence-corrected chi connectivity index (χ0v) is 71.7. The summed E-state index contributed by atoms with van der Waals surface area (Å²) in [5.74, 6) is -19.1. The Morgan fingerprint density at radius 1 is 0.460 bits per heavy atom. The fourth-order valence-electron chi connectivity index (χ4n) is 19.2. The Kier molecular flexibility index (Phi) is 28.8. The second-order valence-corrected chi connectivity index (χ2v) is 42.7. The number of aliphatic hydroxyl groups is 7. The van der Waals surface area contributed by atoms with Crippen LogP contribution >= 0.6 is 34.8 Å². The predicted octanol–water partition coefficient (Wildman–Crippen LogP) is 13.1. The molecule has 39 heteroatoms. The molecule has 0 aromatic heterocycles. The monoisotopic (exact) mass is 1860 g/mol. The summed E-state index contributed by atoms with van der Waals surface area (Å²) in [5.41, 5.74) is -4.52. The molecule has 7 saturated carbocycles. The molecule has 1 saturated heterocycles. The quantitative estimate of drug-likeness (QED) is 0.0222. The number of β-amino-alcohol motifs (C(OH)–C–C–N with tert-alkyl or cyclic N) is 2. The summed E-state index contributed by atoms with van der Waals surface area (Å²) >= 11 is 18.8. The topological polar surface area (TPSA) is 398 Å². The highest BCUT2D eigenvalue weighted by atomic mass is 35.5. The smallest absolute Gasteiger partial charge is 0.317 e. The van der Waals surface area contributed by atoms with E-state index in [1.54, 1.807) is 20.8 Å². The van der Waals surface area contributed by atoms with Crippen molar-refractivity contribution in [2.45, 2.75) is 221 Å². The molecule has 6 bridgehead atoms. The fraction of sp³-hybridized carbons (Fsp3) is 0.506. The number of halogens is 12. The number of anilines is 3. The number of rotatable bonds is 22. The van der Waals surface area contributed by atoms with Gasteiger partial charge in [-0.2, -0.15) is 0 Å². The molecule has 14 rings (SSSR count). The zero-order chi connectivity index (χ0) is 90.7. The molecule has 11 N–H and O–H groups in total. The van der Waals surface area contributed by atoms with Gasteiger partial charge in [0, 0.05) is 107 Å². The maximum absolute atomic E-state index is 13.8. The second-order valence-electron chi connectivity index (χ2n) is 34.9. The van der Waals surface area contributed by atoms with Crippen LogP contribution in [-0.4, -0.2) is 178 Å². The van der Waals surface area contributed by atoms with Crippen LogP contribution in [0.15, 0.2) is 106 Å². The molecule has 24 nitrogen and oxygen atoms in total. The van der Waals surface area contributed by atoms with Crippen molar-refractivity contribution < 1.29 is 129 Å². The lowest BCUT2D eigenvalue weighted by Crippen LogP contribution is -2.51. The fourth-order valence-corrected chi connectivity index (χ4v) is 26.4. The molecule has 1 aliphatic heterocycles. The molecule has 6 aromatic carbocycles. The predicted molar refractivity (Wildman–Crippen MR) is 436 cm³/mol. The number of sulfone groups is 3. The summed E-state index contributed by atoms with van der Waals surface area (Å²) in [6.07, 6.45) is 1.03. The molecule has 1 heterocycles. The van der Waals surface area contributed by atoms with Crippen LogP contribution < -0.4 is 21.3 Å². The van der Waals surface area contributed by atoms with E-state index in [9.17, 15) is 129 Å². The summed E-state index contributed by atoms with van der Waals surface area (Å²) in [6.45, 7) is 5.44. The molecule has 14 unspecified atom stereocenters. The van der Waals surface area contributed by atoms with Gasteiger partial charge in [0.25, 0.3) is 17.7 Å². The third-order valence-electron chi connectivity index (χ3n) is 26.0. The Morgan fingerprint density at radius 2 is 0.782 bits per heavy atom. The van der Waals surface area contributed by atoms with Gasteiger partial charge in [-0.15, -0.1) is 0 Å². The molecule has 5 amide bonds. The van der Waals surface area contributed by atoms with E-state index >= 15 is 0 Å². The minimum Gasteiger partial charge on any atom is -0.393 e. The molecule has 6 aromatic rings. The van der Waals surface area contributed by atoms with Crippen LogP contribution in [-0.2, 0) is 39.1 Å². The Balaban J connectivity index is 0.000000170. The standard InChI is InChI=1S/C30H35ClF3NO6S.C29H31ClF3NO7S.C26H27ClF3N3O6S/c1-29(2,3)26(37)9-7-20(36)15-30(39)17-5-6-18(30)12-21(11-17)42(40,41)25-10-16(4-8-22(25)31)28(38)35-19-13-23(32)27(34)24(33)14-19;30-20-4-1-14(28(38)34-18-12-21(31)27(33)22(32)13-18)9-26(20)42(40,41)19-10-16-2-3-17(11-19)29(16,39)6-5-23(35)15-7-24(36)25(37)8-15;27-17-4-3-14(25(36)31-15-8-18(28)23(30)19(29)9-15)7-22(17)40(38,39)16-5-12-1-2-13(6-16)24(12)32-26(37)33-10-20(34)21(35)11-33/h4,8,10,13-14,17-18,20-21,36,39H,5-7,9,11-12,15H2,1-3H3,(H,35,38);1,4,9,12-13,15-17,19,24-25,36-37,39H,2-3,5-8,10-11H2,(H,34,38);3-4,7-9,12-13,16,20-21,24,34-35H,1-2,5-6,10-11H2,(H,31,36)(H,32,37)/t17-,18?,20?,21?,30?;15?,16-,17?,19?,24?,25?,29?;12-,13?,16?,20?,21?,24?/m000/s1. The van der Waals surface area contributed by atoms with Crippen molar-refractivity contribution in [3.63, 3.8) is 0 Å². The number of hydrogen-bond donors (Lipinski definition) is 11. The van der Waals surface area contributed by atoms with E-state index in [0.717, 1.165) is 18.2 Å². The number of likely N-dealkylation sites (tertiary alicyclic amines) is 1. The van der Waals surface area contributed by atoms with Crippen LogP contribution in [0.25, 0.3) is 0 Å². The van der Waals surface area contributed by atoms with Crippen LogP contribution in [0.3, 0.4) is 0 Å². The molecule has 8 aliphatic rings. The second kappa shape index (κ2) is 37.5. The number of fused-ring (bicyclic) bond motifs is 6. The van der Waals surface area contributed by atoms with Crippen LogP contribution in [0.5, 0.6) is 0 Å². The Labute approximate surface area is 723 Å². The number of carbonyl (C=O) groups excluding carboxylic acids is 6. The molecule has 674 valence electrons. The average molecular weight is 1860 g/mol. The highest BCUT2D eigenvalue weighted by molar-refractivity contribution is 7.92. The van der Waals surface area contributed by atoms with E-state index in [-0.39, 0.29) is 201 Å². The van der Waals surface area contributed by atoms with Gasteiger partial charge in [0.05, 0.1) is 100 Å². The number of nitrogens with one attached hydrogen (secondary N) is 4. The molecule has 17 atom stereocenters. The number of nitrogens with zero attached hydrogens (tertiary/aromatic N) is 1. The molecule has 0 spiro atoms. The first-order chi connectivity index (χ1) is 58.0. The maximum atomic E-state index is 13.8. The Hall–Kier alpha value is -7.85. The number of benzene rings is 6. The number of carbonyl (C=O) groups is 6. The summed E-state index contributed by atoms with van der Waals surface area (Å²) < 4.78 is 204. The van der Waals surface area contributed by atoms with Gasteiger partial charge < -0.3 is 61.9 Å². The first kappa shape index (κ1) is 95.3. The first-order valence-corrected chi connectivity index (χ1v) is 46.2. The largest absolute Gasteiger partial charge is 0.393 e. The van der Waals surface area contributed by atoms with Crippen molar-refractivity contribution in [2.24, 2.45) is 46.8 Å². The third kappa shape index (κ3) is 20.3. The molecule has 0 radical (unpaired) electrons. The highest BCUT2D eigenvalue weighted by Crippen LogP contribution is 2.57. The van der Waals surface area contributed by atoms with E-state index in [4.69, 9.17) is 34.8 Å². The molecular weight excluding hydrogens is 1770 g/mol. The Morgan fingerprint density at radius 3 is 1.11 bits per heavy atom. The van der Waals surface area contributed by atoms with Crippen molar-refractivity contribution >= 4 is 117 Å². The summed E-state index contributed by atoms with van der Waals surface area (Å²) in [5, 5.41) is 79.5. The van der Waals surface area contributed by atoms with Crippen molar-refractivity contribution in [3.8, 4) is 0 Å². The van der Waals surface area contributed by atoms with Gasteiger partial charge in [0.15, 0.2) is 81.9 Å². The number of amides is 5. The van der Waals surface area contributed by atoms with Crippen LogP contribution in [0.2, 0.25) is 15.1 Å². The van der Waals surface area contributed by atoms with Crippen molar-refractivity contribution in [1.29, 1.82) is 0 Å². The minimum atomic E-state index is -4.09. The molecule has 124 heavy (non-hydrogen) atoms. The SMILES string of the molecule is CC(C)(C)C(=O)CCC(O)CC1(O)C2CC[C@H]1CC(S(=O)(=O)c1cc(C(=O)Nc3cc(F)c(F)c(F)c3)ccc1Cl)C2.O=C(Nc1cc(F)c(F)c(F)c1)c1ccc(Cl)c(S(=O)(=O)C2CC3CC[C@@H](C2)C3(O)CCC(=O)C2CC(O)C(O)C2)c1.O=C(Nc1cc(F)c(F)c(F)c1)c1ccc(Cl)c(S(=O)(=O)C2CC3CC[C@@H](C2)C3NC(=O)N2CC(O)C(O)C2)c1. The maximum Gasteiger partial charge on any atom is 0.317 e. The van der Waals surface area contributed by atoms with Gasteiger partial charge in [-0.1, -0.05) is 55.6 Å². The van der Waals surface area contributed by atoms with E-state index in [0.29, 0.717) is 74.9 Å². The van der Waals surface area contributed by atoms with Gasteiger partial charge in [-0.25, -0.2) is 69.6 Å². The van der Waals surface area contributed by atoms with E-state index < -0.39 is 186 Å². The van der Waals surface area contributed by atoms with Gasteiger partial charge >= 0.3 is 6.03 Å². The number of aliphatic hydroxyl groups excluding tert-OH is 5. The lowest BCUT2D eigenvalue weighted by molar-refractivity contribution is -0.128. The number of hydrogen-bond acceptors (Lipinski definition) is 19. The summed E-state index contributed by atoms with van der Waals surface area (Å²) in [4.78, 5) is 76.5. The molecule has 8 fully saturated rings. The zero-order valence-electron chi connectivity index (χ0n) is 67.0. The lowest BCUT2D eigenvalue weighted by Gasteiger charge is -2.43. The highest BCUT2D eigenvalue weighted by Gasteiger charge is 2.58. The van der Waals surface area contributed by atoms with Crippen molar-refractivity contribution in [1.82, 2.24) is 10.2 Å². The van der Waals surface area contributed by atoms with Crippen molar-refractivity contribution in [3.05, 3.63) is 175 Å². The van der Waals surface area contributed by atoms with Crippen molar-refractivity contribution in [2.75, 3.05) is 29.0 Å². The minimum absolute atomic E-state index is 0.0103.